The van der Waals surface area contributed by atoms with E-state index in [4.69, 9.17) is 0 Å². The molecule has 1 N–H and O–H groups in total. The summed E-state index contributed by atoms with van der Waals surface area (Å²) in [4.78, 5) is 44.1. The summed E-state index contributed by atoms with van der Waals surface area (Å²) >= 11 is 0. The Balaban J connectivity index is 1.87. The molecule has 3 rings (SSSR count). The van der Waals surface area contributed by atoms with Crippen molar-refractivity contribution in [2.24, 2.45) is 5.92 Å². The number of aromatic nitrogens is 1. The first-order valence-corrected chi connectivity index (χ1v) is 10.4. The number of H-pyrrole nitrogens is 1. The molecule has 1 aromatic heterocycles. The average Bonchev–Trinajstić information content (AvgIpc) is 2.88. The van der Waals surface area contributed by atoms with Crippen LogP contribution in [-0.2, 0) is 17.8 Å². The van der Waals surface area contributed by atoms with Crippen LogP contribution in [0.2, 0.25) is 0 Å². The van der Waals surface area contributed by atoms with Gasteiger partial charge < -0.3 is 14.8 Å². The third-order valence-electron chi connectivity index (χ3n) is 5.63. The van der Waals surface area contributed by atoms with E-state index < -0.39 is 0 Å². The molecule has 0 aliphatic carbocycles. The van der Waals surface area contributed by atoms with Crippen molar-refractivity contribution in [2.75, 3.05) is 13.1 Å². The molecule has 1 unspecified atom stereocenters. The Morgan fingerprint density at radius 3 is 2.50 bits per heavy atom. The number of halogens is 1. The molecule has 30 heavy (non-hydrogen) atoms. The molecule has 160 valence electrons. The van der Waals surface area contributed by atoms with Crippen LogP contribution in [0.5, 0.6) is 0 Å². The minimum absolute atomic E-state index is 0.0227. The molecule has 0 spiro atoms. The molecule has 1 aliphatic heterocycles. The van der Waals surface area contributed by atoms with Gasteiger partial charge >= 0.3 is 0 Å². The molecule has 0 bridgehead atoms. The Morgan fingerprint density at radius 1 is 1.17 bits per heavy atom. The average molecular weight is 413 g/mol. The fourth-order valence-electron chi connectivity index (χ4n) is 3.89. The Bertz CT molecular complexity index is 968. The minimum Gasteiger partial charge on any atom is -0.336 e. The summed E-state index contributed by atoms with van der Waals surface area (Å²) in [6.07, 6.45) is 0.759. The van der Waals surface area contributed by atoms with Gasteiger partial charge in [0, 0.05) is 37.8 Å². The Hall–Kier alpha value is -2.96. The summed E-state index contributed by atoms with van der Waals surface area (Å²) in [6.45, 7) is 7.05. The van der Waals surface area contributed by atoms with Gasteiger partial charge in [-0.3, -0.25) is 14.4 Å². The van der Waals surface area contributed by atoms with Gasteiger partial charge in [-0.15, -0.1) is 0 Å². The molecule has 0 radical (unpaired) electrons. The van der Waals surface area contributed by atoms with Crippen LogP contribution in [0.4, 0.5) is 4.39 Å². The van der Waals surface area contributed by atoms with Gasteiger partial charge in [0.05, 0.1) is 11.6 Å². The predicted octanol–water partition coefficient (Wildman–Crippen LogP) is 2.98. The number of benzene rings is 1. The second kappa shape index (κ2) is 9.24. The normalized spacial score (nSPS) is 17.4. The number of hydrogen-bond donors (Lipinski definition) is 1. The van der Waals surface area contributed by atoms with Crippen molar-refractivity contribution >= 4 is 11.8 Å². The molecule has 1 aromatic carbocycles. The molecule has 0 saturated carbocycles. The van der Waals surface area contributed by atoms with Crippen molar-refractivity contribution in [3.63, 3.8) is 0 Å². The smallest absolute Gasteiger partial charge is 0.255 e. The Kier molecular flexibility index (Phi) is 6.70. The monoisotopic (exact) mass is 413 g/mol. The number of aryl methyl sites for hydroxylation is 1. The lowest BCUT2D eigenvalue weighted by Crippen LogP contribution is -2.47. The Morgan fingerprint density at radius 2 is 1.87 bits per heavy atom. The van der Waals surface area contributed by atoms with E-state index in [1.165, 1.54) is 18.2 Å². The minimum atomic E-state index is -0.314. The number of rotatable bonds is 5. The number of nitrogens with one attached hydrogen (secondary N) is 1. The molecule has 2 aromatic rings. The van der Waals surface area contributed by atoms with E-state index in [1.807, 2.05) is 20.8 Å². The van der Waals surface area contributed by atoms with E-state index in [9.17, 15) is 18.8 Å². The van der Waals surface area contributed by atoms with Crippen LogP contribution >= 0.6 is 0 Å². The van der Waals surface area contributed by atoms with E-state index in [-0.39, 0.29) is 41.6 Å². The molecule has 6 nitrogen and oxygen atoms in total. The maximum atomic E-state index is 13.3. The number of aromatic amines is 1. The van der Waals surface area contributed by atoms with Crippen molar-refractivity contribution in [1.29, 1.82) is 0 Å². The second-order valence-corrected chi connectivity index (χ2v) is 8.03. The summed E-state index contributed by atoms with van der Waals surface area (Å²) in [5, 5.41) is 0. The first-order chi connectivity index (χ1) is 14.3. The maximum Gasteiger partial charge on any atom is 0.255 e. The van der Waals surface area contributed by atoms with Gasteiger partial charge in [0.2, 0.25) is 11.5 Å². The zero-order valence-corrected chi connectivity index (χ0v) is 17.7. The number of nitrogens with zero attached hydrogens (tertiary/aromatic N) is 2. The lowest BCUT2D eigenvalue weighted by Gasteiger charge is -2.35. The number of pyridine rings is 1. The number of carbonyl (C=O) groups excluding carboxylic acids is 2. The zero-order valence-electron chi connectivity index (χ0n) is 17.7. The molecule has 1 fully saturated rings. The maximum absolute atomic E-state index is 13.3. The van der Waals surface area contributed by atoms with E-state index in [2.05, 4.69) is 4.98 Å². The summed E-state index contributed by atoms with van der Waals surface area (Å²) in [5.41, 5.74) is 1.69. The van der Waals surface area contributed by atoms with Crippen molar-refractivity contribution in [2.45, 2.75) is 46.2 Å². The molecular formula is C23H28FN3O3. The highest BCUT2D eigenvalue weighted by molar-refractivity contribution is 5.95. The first-order valence-electron chi connectivity index (χ1n) is 10.4. The fraction of sp³-hybridized carbons (Fsp3) is 0.435. The summed E-state index contributed by atoms with van der Waals surface area (Å²) < 4.78 is 13.3. The highest BCUT2D eigenvalue weighted by Crippen LogP contribution is 2.22. The summed E-state index contributed by atoms with van der Waals surface area (Å²) in [7, 11) is 0. The third-order valence-corrected chi connectivity index (χ3v) is 5.63. The quantitative estimate of drug-likeness (QED) is 0.819. The molecular weight excluding hydrogens is 385 g/mol. The van der Waals surface area contributed by atoms with Gasteiger partial charge in [-0.1, -0.05) is 32.9 Å². The van der Waals surface area contributed by atoms with Crippen LogP contribution in [0.15, 0.2) is 41.2 Å². The number of amides is 2. The van der Waals surface area contributed by atoms with Crippen molar-refractivity contribution in [3.8, 4) is 0 Å². The number of carbonyl (C=O) groups is 2. The zero-order chi connectivity index (χ0) is 21.8. The van der Waals surface area contributed by atoms with Crippen LogP contribution < -0.4 is 5.56 Å². The largest absolute Gasteiger partial charge is 0.336 e. The fourth-order valence-corrected chi connectivity index (χ4v) is 3.89. The van der Waals surface area contributed by atoms with E-state index in [0.717, 1.165) is 5.56 Å². The van der Waals surface area contributed by atoms with Gasteiger partial charge in [-0.25, -0.2) is 4.39 Å². The summed E-state index contributed by atoms with van der Waals surface area (Å²) in [5.74, 6) is -0.384. The van der Waals surface area contributed by atoms with Gasteiger partial charge in [0.25, 0.3) is 5.91 Å². The van der Waals surface area contributed by atoms with Crippen molar-refractivity contribution in [3.05, 3.63) is 69.4 Å². The van der Waals surface area contributed by atoms with Gasteiger partial charge in [0.15, 0.2) is 0 Å². The predicted molar refractivity (Wildman–Crippen MR) is 113 cm³/mol. The third kappa shape index (κ3) is 4.78. The van der Waals surface area contributed by atoms with Gasteiger partial charge in [-0.05, 0) is 36.1 Å². The van der Waals surface area contributed by atoms with E-state index in [0.29, 0.717) is 37.3 Å². The van der Waals surface area contributed by atoms with Crippen molar-refractivity contribution < 1.29 is 14.0 Å². The first kappa shape index (κ1) is 21.7. The van der Waals surface area contributed by atoms with Crippen LogP contribution in [0.25, 0.3) is 0 Å². The highest BCUT2D eigenvalue weighted by atomic mass is 19.1. The van der Waals surface area contributed by atoms with Gasteiger partial charge in [-0.2, -0.15) is 0 Å². The van der Waals surface area contributed by atoms with Crippen LogP contribution in [-0.4, -0.2) is 45.7 Å². The Labute approximate surface area is 175 Å². The standard InChI is InChI=1S/C23H28FN3O3/c1-4-19-18(9-10-21(28)25-19)23(30)26-12-11-22(29)27(20(14-26)15(2)3)13-16-5-7-17(24)8-6-16/h5-10,15,20H,4,11-14H2,1-3H3,(H,25,28). The molecule has 2 amide bonds. The lowest BCUT2D eigenvalue weighted by atomic mass is 10.0. The number of hydrogen-bond acceptors (Lipinski definition) is 3. The molecule has 7 heteroatoms. The second-order valence-electron chi connectivity index (χ2n) is 8.03. The van der Waals surface area contributed by atoms with Crippen LogP contribution in [0.3, 0.4) is 0 Å². The van der Waals surface area contributed by atoms with E-state index >= 15 is 0 Å². The lowest BCUT2D eigenvalue weighted by molar-refractivity contribution is -0.134. The molecule has 1 atom stereocenters. The van der Waals surface area contributed by atoms with Crippen molar-refractivity contribution in [1.82, 2.24) is 14.8 Å². The molecule has 2 heterocycles. The van der Waals surface area contributed by atoms with E-state index in [1.54, 1.807) is 28.0 Å². The van der Waals surface area contributed by atoms with Crippen LogP contribution in [0.1, 0.15) is 48.8 Å². The highest BCUT2D eigenvalue weighted by Gasteiger charge is 2.34. The molecule has 1 aliphatic rings. The SMILES string of the molecule is CCc1[nH]c(=O)ccc1C(=O)N1CCC(=O)N(Cc2ccc(F)cc2)C(C(C)C)C1. The molecule has 1 saturated heterocycles. The van der Waals surface area contributed by atoms with Crippen LogP contribution in [0, 0.1) is 11.7 Å². The van der Waals surface area contributed by atoms with Gasteiger partial charge in [0.1, 0.15) is 5.82 Å². The topological polar surface area (TPSA) is 73.5 Å². The summed E-state index contributed by atoms with van der Waals surface area (Å²) in [6, 6.07) is 8.90.